The maximum Gasteiger partial charge on any atom is 0.219 e. The monoisotopic (exact) mass is 434 g/mol. The molecule has 4 rings (SSSR count). The van der Waals surface area contributed by atoms with Crippen LogP contribution in [0.15, 0.2) is 60.2 Å². The number of nitrogens with zero attached hydrogens (tertiary/aromatic N) is 4. The Morgan fingerprint density at radius 2 is 1.47 bits per heavy atom. The van der Waals surface area contributed by atoms with Crippen molar-refractivity contribution in [2.75, 3.05) is 39.8 Å². The summed E-state index contributed by atoms with van der Waals surface area (Å²) in [7, 11) is 1.98. The molecule has 0 aliphatic carbocycles. The molecule has 0 unspecified atom stereocenters. The van der Waals surface area contributed by atoms with E-state index in [0.29, 0.717) is 38.3 Å². The molecule has 166 valence electrons. The van der Waals surface area contributed by atoms with Crippen LogP contribution in [-0.4, -0.2) is 71.1 Å². The second-order valence-corrected chi connectivity index (χ2v) is 8.20. The first-order valence-corrected chi connectivity index (χ1v) is 10.7. The van der Waals surface area contributed by atoms with Crippen LogP contribution < -0.4 is 0 Å². The number of allylic oxidation sites excluding steroid dienone is 2. The largest absolute Gasteiger partial charge is 0.356 e. The highest BCUT2D eigenvalue weighted by atomic mass is 19.1. The molecule has 0 spiro atoms. The first kappa shape index (κ1) is 21.7. The van der Waals surface area contributed by atoms with E-state index in [4.69, 9.17) is 0 Å². The van der Waals surface area contributed by atoms with Crippen molar-refractivity contribution in [2.24, 2.45) is 0 Å². The van der Waals surface area contributed by atoms with Gasteiger partial charge in [0.2, 0.25) is 5.91 Å². The number of pyridine rings is 1. The zero-order valence-corrected chi connectivity index (χ0v) is 18.6. The Kier molecular flexibility index (Phi) is 6.08. The number of likely N-dealkylation sites (N-methyl/N-ethyl adjacent to an activating group) is 1. The Bertz CT molecular complexity index is 1080. The standard InChI is InChI=1S/C25H27FN4O2/c1-17(31)22-16-28(3)25(30-14-12-29(13-15-30)18(2)32)24(20-8-10-27-11-9-20)23(22)19-4-6-21(26)7-5-19/h4-11H,12-16H2,1-3H3. The molecule has 0 atom stereocenters. The lowest BCUT2D eigenvalue weighted by atomic mass is 9.84. The SMILES string of the molecule is CC(=O)C1=C(c2ccc(F)cc2)C(c2ccncc2)=C(N2CCN(C(C)=O)CC2)N(C)C1. The van der Waals surface area contributed by atoms with E-state index in [0.717, 1.165) is 28.1 Å². The summed E-state index contributed by atoms with van der Waals surface area (Å²) in [5.74, 6) is 0.754. The van der Waals surface area contributed by atoms with E-state index in [1.165, 1.54) is 12.1 Å². The number of halogens is 1. The Labute approximate surface area is 187 Å². The lowest BCUT2D eigenvalue weighted by Gasteiger charge is -2.43. The topological polar surface area (TPSA) is 56.8 Å². The van der Waals surface area contributed by atoms with Crippen LogP contribution in [0.25, 0.3) is 11.1 Å². The van der Waals surface area contributed by atoms with Crippen molar-refractivity contribution in [1.82, 2.24) is 19.7 Å². The number of carbonyl (C=O) groups is 2. The highest BCUT2D eigenvalue weighted by Gasteiger charge is 2.33. The molecule has 1 aromatic heterocycles. The van der Waals surface area contributed by atoms with Crippen molar-refractivity contribution >= 4 is 22.8 Å². The third-order valence-electron chi connectivity index (χ3n) is 6.08. The van der Waals surface area contributed by atoms with Crippen molar-refractivity contribution in [3.63, 3.8) is 0 Å². The Balaban J connectivity index is 1.92. The zero-order valence-electron chi connectivity index (χ0n) is 18.6. The molecule has 1 aromatic carbocycles. The molecule has 0 saturated carbocycles. The van der Waals surface area contributed by atoms with E-state index in [9.17, 15) is 14.0 Å². The summed E-state index contributed by atoms with van der Waals surface area (Å²) in [4.78, 5) is 34.9. The van der Waals surface area contributed by atoms with Gasteiger partial charge in [-0.25, -0.2) is 4.39 Å². The fourth-order valence-electron chi connectivity index (χ4n) is 4.49. The van der Waals surface area contributed by atoms with E-state index in [2.05, 4.69) is 14.8 Å². The van der Waals surface area contributed by atoms with Gasteiger partial charge in [-0.1, -0.05) is 12.1 Å². The molecule has 0 N–H and O–H groups in total. The van der Waals surface area contributed by atoms with Gasteiger partial charge in [-0.3, -0.25) is 14.6 Å². The van der Waals surface area contributed by atoms with Gasteiger partial charge in [0.25, 0.3) is 0 Å². The number of hydrogen-bond donors (Lipinski definition) is 0. The molecule has 2 aromatic rings. The maximum absolute atomic E-state index is 13.7. The van der Waals surface area contributed by atoms with Gasteiger partial charge < -0.3 is 14.7 Å². The highest BCUT2D eigenvalue weighted by Crippen LogP contribution is 2.42. The normalized spacial score (nSPS) is 17.2. The van der Waals surface area contributed by atoms with Gasteiger partial charge in [-0.15, -0.1) is 0 Å². The van der Waals surface area contributed by atoms with Gasteiger partial charge in [0, 0.05) is 75.8 Å². The molecule has 2 aliphatic rings. The second-order valence-electron chi connectivity index (χ2n) is 8.20. The van der Waals surface area contributed by atoms with Gasteiger partial charge in [0.1, 0.15) is 11.6 Å². The summed E-state index contributed by atoms with van der Waals surface area (Å²) in [6.45, 7) is 6.31. The van der Waals surface area contributed by atoms with E-state index in [-0.39, 0.29) is 17.5 Å². The number of benzene rings is 1. The average molecular weight is 435 g/mol. The highest BCUT2D eigenvalue weighted by molar-refractivity contribution is 6.16. The maximum atomic E-state index is 13.7. The van der Waals surface area contributed by atoms with E-state index < -0.39 is 0 Å². The van der Waals surface area contributed by atoms with Gasteiger partial charge in [-0.05, 0) is 42.3 Å². The summed E-state index contributed by atoms with van der Waals surface area (Å²) in [6.07, 6.45) is 3.47. The van der Waals surface area contributed by atoms with Crippen molar-refractivity contribution < 1.29 is 14.0 Å². The Morgan fingerprint density at radius 3 is 2.03 bits per heavy atom. The second kappa shape index (κ2) is 8.94. The van der Waals surface area contributed by atoms with E-state index in [1.54, 1.807) is 38.4 Å². The summed E-state index contributed by atoms with van der Waals surface area (Å²) in [5, 5.41) is 0. The Morgan fingerprint density at radius 1 is 0.875 bits per heavy atom. The van der Waals surface area contributed by atoms with Crippen LogP contribution in [0.3, 0.4) is 0 Å². The first-order valence-electron chi connectivity index (χ1n) is 10.7. The summed E-state index contributed by atoms with van der Waals surface area (Å²) >= 11 is 0. The Hall–Kier alpha value is -3.48. The molecule has 32 heavy (non-hydrogen) atoms. The lowest BCUT2D eigenvalue weighted by molar-refractivity contribution is -0.130. The molecule has 6 nitrogen and oxygen atoms in total. The number of rotatable bonds is 4. The van der Waals surface area contributed by atoms with Gasteiger partial charge in [0.05, 0.1) is 0 Å². The summed E-state index contributed by atoms with van der Waals surface area (Å²) in [5.41, 5.74) is 4.18. The number of piperazine rings is 1. The van der Waals surface area contributed by atoms with Gasteiger partial charge in [-0.2, -0.15) is 0 Å². The number of ketones is 1. The van der Waals surface area contributed by atoms with Crippen molar-refractivity contribution in [2.45, 2.75) is 13.8 Å². The molecule has 0 radical (unpaired) electrons. The minimum Gasteiger partial charge on any atom is -0.356 e. The predicted octanol–water partition coefficient (Wildman–Crippen LogP) is 3.04. The number of hydrogen-bond acceptors (Lipinski definition) is 5. The molecule has 3 heterocycles. The third-order valence-corrected chi connectivity index (χ3v) is 6.08. The smallest absolute Gasteiger partial charge is 0.219 e. The fraction of sp³-hybridized carbons (Fsp3) is 0.320. The molecule has 7 heteroatoms. The number of amides is 1. The van der Waals surface area contributed by atoms with E-state index >= 15 is 0 Å². The van der Waals surface area contributed by atoms with Gasteiger partial charge in [0.15, 0.2) is 5.78 Å². The van der Waals surface area contributed by atoms with Crippen LogP contribution in [0.4, 0.5) is 4.39 Å². The van der Waals surface area contributed by atoms with Crippen molar-refractivity contribution in [3.8, 4) is 0 Å². The summed E-state index contributed by atoms with van der Waals surface area (Å²) < 4.78 is 13.7. The lowest BCUT2D eigenvalue weighted by Crippen LogP contribution is -2.50. The van der Waals surface area contributed by atoms with Gasteiger partial charge >= 0.3 is 0 Å². The molecule has 1 fully saturated rings. The van der Waals surface area contributed by atoms with Crippen molar-refractivity contribution in [3.05, 3.63) is 77.1 Å². The van der Waals surface area contributed by atoms with Crippen LogP contribution >= 0.6 is 0 Å². The number of aromatic nitrogens is 1. The minimum atomic E-state index is -0.318. The molecule has 2 aliphatic heterocycles. The number of carbonyl (C=O) groups excluding carboxylic acids is 2. The van der Waals surface area contributed by atoms with Crippen LogP contribution in [0, 0.1) is 5.82 Å². The molecule has 0 bridgehead atoms. The molecular formula is C25H27FN4O2. The zero-order chi connectivity index (χ0) is 22.8. The van der Waals surface area contributed by atoms with Crippen LogP contribution in [0.5, 0.6) is 0 Å². The number of Topliss-reactive ketones (excluding diaryl/α,β-unsaturated/α-hetero) is 1. The van der Waals surface area contributed by atoms with Crippen molar-refractivity contribution in [1.29, 1.82) is 0 Å². The molecular weight excluding hydrogens is 407 g/mol. The van der Waals surface area contributed by atoms with Crippen LogP contribution in [0.1, 0.15) is 25.0 Å². The predicted molar refractivity (Wildman–Crippen MR) is 122 cm³/mol. The third kappa shape index (κ3) is 4.15. The van der Waals surface area contributed by atoms with E-state index in [1.807, 2.05) is 24.1 Å². The van der Waals surface area contributed by atoms with Crippen LogP contribution in [-0.2, 0) is 9.59 Å². The quantitative estimate of drug-likeness (QED) is 0.741. The minimum absolute atomic E-state index is 0.0109. The molecule has 1 saturated heterocycles. The first-order chi connectivity index (χ1) is 15.4. The fourth-order valence-corrected chi connectivity index (χ4v) is 4.49. The summed E-state index contributed by atoms with van der Waals surface area (Å²) in [6, 6.07) is 10.2. The molecule has 1 amide bonds. The van der Waals surface area contributed by atoms with Crippen LogP contribution in [0.2, 0.25) is 0 Å². The average Bonchev–Trinajstić information content (AvgIpc) is 2.79.